The van der Waals surface area contributed by atoms with Gasteiger partial charge in [0.2, 0.25) is 0 Å². The van der Waals surface area contributed by atoms with Gasteiger partial charge in [-0.05, 0) is 32.4 Å². The van der Waals surface area contributed by atoms with Gasteiger partial charge in [-0.15, -0.1) is 11.3 Å². The van der Waals surface area contributed by atoms with Gasteiger partial charge in [0.1, 0.15) is 5.69 Å². The summed E-state index contributed by atoms with van der Waals surface area (Å²) in [5.41, 5.74) is 7.69. The van der Waals surface area contributed by atoms with E-state index in [4.69, 9.17) is 5.73 Å². The molecule has 15 heavy (non-hydrogen) atoms. The summed E-state index contributed by atoms with van der Waals surface area (Å²) < 4.78 is 1.09. The number of rotatable bonds is 1. The molecule has 0 saturated carbocycles. The quantitative estimate of drug-likeness (QED) is 0.801. The Morgan fingerprint density at radius 1 is 1.40 bits per heavy atom. The third kappa shape index (κ3) is 1.51. The zero-order valence-electron chi connectivity index (χ0n) is 8.92. The molecule has 2 N–H and O–H groups in total. The minimum absolute atomic E-state index is 0.348. The van der Waals surface area contributed by atoms with Crippen LogP contribution in [-0.4, -0.2) is 10.9 Å². The van der Waals surface area contributed by atoms with E-state index < -0.39 is 5.91 Å². The molecule has 0 fully saturated rings. The number of carbonyl (C=O) groups is 1. The van der Waals surface area contributed by atoms with E-state index in [1.54, 1.807) is 17.4 Å². The van der Waals surface area contributed by atoms with Crippen LogP contribution in [0.2, 0.25) is 0 Å². The van der Waals surface area contributed by atoms with Crippen molar-refractivity contribution >= 4 is 27.3 Å². The van der Waals surface area contributed by atoms with Crippen molar-refractivity contribution < 1.29 is 4.79 Å². The van der Waals surface area contributed by atoms with E-state index in [0.717, 1.165) is 15.8 Å². The van der Waals surface area contributed by atoms with Crippen molar-refractivity contribution in [3.63, 3.8) is 0 Å². The fourth-order valence-electron chi connectivity index (χ4n) is 1.72. The lowest BCUT2D eigenvalue weighted by atomic mass is 10.1. The highest BCUT2D eigenvalue weighted by Crippen LogP contribution is 2.32. The Bertz CT molecular complexity index is 557. The van der Waals surface area contributed by atoms with Gasteiger partial charge < -0.3 is 5.73 Å². The van der Waals surface area contributed by atoms with Crippen molar-refractivity contribution in [3.05, 3.63) is 27.9 Å². The van der Waals surface area contributed by atoms with Crippen LogP contribution in [0.25, 0.3) is 10.1 Å². The number of hydrogen-bond acceptors (Lipinski definition) is 3. The molecule has 0 aliphatic rings. The van der Waals surface area contributed by atoms with Crippen LogP contribution in [-0.2, 0) is 0 Å². The predicted molar refractivity (Wildman–Crippen MR) is 62.3 cm³/mol. The van der Waals surface area contributed by atoms with Crippen LogP contribution in [0.5, 0.6) is 0 Å². The van der Waals surface area contributed by atoms with Gasteiger partial charge in [-0.3, -0.25) is 4.79 Å². The molecule has 2 aromatic heterocycles. The summed E-state index contributed by atoms with van der Waals surface area (Å²) >= 11 is 1.68. The first-order valence-electron chi connectivity index (χ1n) is 4.68. The number of nitrogens with two attached hydrogens (primary N) is 1. The van der Waals surface area contributed by atoms with Crippen molar-refractivity contribution in [2.45, 2.75) is 20.8 Å². The highest BCUT2D eigenvalue weighted by Gasteiger charge is 2.12. The lowest BCUT2D eigenvalue weighted by Gasteiger charge is -2.00. The molecular weight excluding hydrogens is 208 g/mol. The number of fused-ring (bicyclic) bond motifs is 1. The predicted octanol–water partition coefficient (Wildman–Crippen LogP) is 2.32. The van der Waals surface area contributed by atoms with E-state index in [1.165, 1.54) is 10.4 Å². The standard InChI is InChI=1S/C11H12N2OS/c1-5-7(3)15-9-4-8(11(12)14)13-6(2)10(5)9/h4H,1-3H3,(H2,12,14). The summed E-state index contributed by atoms with van der Waals surface area (Å²) in [6.45, 7) is 6.06. The molecule has 0 aliphatic heterocycles. The SMILES string of the molecule is Cc1sc2cc(C(N)=O)nc(C)c2c1C. The highest BCUT2D eigenvalue weighted by molar-refractivity contribution is 7.19. The number of hydrogen-bond donors (Lipinski definition) is 1. The maximum Gasteiger partial charge on any atom is 0.267 e. The Labute approximate surface area is 91.9 Å². The molecule has 3 nitrogen and oxygen atoms in total. The average Bonchev–Trinajstić information content (AvgIpc) is 2.42. The molecule has 2 heterocycles. The number of thiophene rings is 1. The topological polar surface area (TPSA) is 56.0 Å². The van der Waals surface area contributed by atoms with Crippen molar-refractivity contribution in [3.8, 4) is 0 Å². The van der Waals surface area contributed by atoms with Crippen molar-refractivity contribution in [2.75, 3.05) is 0 Å². The first-order valence-corrected chi connectivity index (χ1v) is 5.49. The largest absolute Gasteiger partial charge is 0.364 e. The van der Waals surface area contributed by atoms with Crippen LogP contribution in [0.1, 0.15) is 26.6 Å². The van der Waals surface area contributed by atoms with Crippen LogP contribution < -0.4 is 5.73 Å². The lowest BCUT2D eigenvalue weighted by molar-refractivity contribution is 0.0995. The highest BCUT2D eigenvalue weighted by atomic mass is 32.1. The number of pyridine rings is 1. The van der Waals surface area contributed by atoms with Gasteiger partial charge in [0.05, 0.1) is 0 Å². The van der Waals surface area contributed by atoms with Gasteiger partial charge >= 0.3 is 0 Å². The third-order valence-electron chi connectivity index (χ3n) is 2.58. The van der Waals surface area contributed by atoms with Crippen LogP contribution in [0.3, 0.4) is 0 Å². The lowest BCUT2D eigenvalue weighted by Crippen LogP contribution is -2.13. The molecule has 0 aromatic carbocycles. The normalized spacial score (nSPS) is 10.9. The molecule has 0 atom stereocenters. The maximum absolute atomic E-state index is 11.1. The second kappa shape index (κ2) is 3.31. The Kier molecular flexibility index (Phi) is 2.23. The van der Waals surface area contributed by atoms with Crippen molar-refractivity contribution in [2.24, 2.45) is 5.73 Å². The molecule has 0 spiro atoms. The van der Waals surface area contributed by atoms with E-state index in [9.17, 15) is 4.79 Å². The molecule has 0 radical (unpaired) electrons. The zero-order valence-corrected chi connectivity index (χ0v) is 9.73. The fraction of sp³-hybridized carbons (Fsp3) is 0.273. The van der Waals surface area contributed by atoms with Crippen LogP contribution >= 0.6 is 11.3 Å². The number of amides is 1. The monoisotopic (exact) mass is 220 g/mol. The minimum Gasteiger partial charge on any atom is -0.364 e. The average molecular weight is 220 g/mol. The molecular formula is C11H12N2OS. The summed E-state index contributed by atoms with van der Waals surface area (Å²) in [6.07, 6.45) is 0. The van der Waals surface area contributed by atoms with Crippen molar-refractivity contribution in [1.82, 2.24) is 4.98 Å². The molecule has 4 heteroatoms. The summed E-state index contributed by atoms with van der Waals surface area (Å²) in [5, 5.41) is 1.16. The molecule has 0 aliphatic carbocycles. The van der Waals surface area contributed by atoms with Crippen molar-refractivity contribution in [1.29, 1.82) is 0 Å². The Balaban J connectivity index is 2.84. The Hall–Kier alpha value is -1.42. The number of nitrogens with zero attached hydrogens (tertiary/aromatic N) is 1. The minimum atomic E-state index is -0.469. The number of primary amides is 1. The van der Waals surface area contributed by atoms with Gasteiger partial charge in [-0.1, -0.05) is 0 Å². The van der Waals surface area contributed by atoms with Gasteiger partial charge in [0.15, 0.2) is 0 Å². The molecule has 2 aromatic rings. The first kappa shape index (κ1) is 10.1. The van der Waals surface area contributed by atoms with E-state index in [-0.39, 0.29) is 0 Å². The summed E-state index contributed by atoms with van der Waals surface area (Å²) in [7, 11) is 0. The van der Waals surface area contributed by atoms with E-state index in [2.05, 4.69) is 18.8 Å². The molecule has 2 rings (SSSR count). The fourth-order valence-corrected chi connectivity index (χ4v) is 2.88. The van der Waals surface area contributed by atoms with Crippen LogP contribution in [0, 0.1) is 20.8 Å². The van der Waals surface area contributed by atoms with Crippen LogP contribution in [0.15, 0.2) is 6.07 Å². The molecule has 0 unspecified atom stereocenters. The summed E-state index contributed by atoms with van der Waals surface area (Å²) in [5.74, 6) is -0.469. The van der Waals surface area contributed by atoms with E-state index in [0.29, 0.717) is 5.69 Å². The Morgan fingerprint density at radius 2 is 2.07 bits per heavy atom. The number of aromatic nitrogens is 1. The summed E-state index contributed by atoms with van der Waals surface area (Å²) in [6, 6.07) is 1.77. The summed E-state index contributed by atoms with van der Waals surface area (Å²) in [4.78, 5) is 16.5. The van der Waals surface area contributed by atoms with E-state index >= 15 is 0 Å². The number of carbonyl (C=O) groups excluding carboxylic acids is 1. The maximum atomic E-state index is 11.1. The second-order valence-corrected chi connectivity index (χ2v) is 4.87. The van der Waals surface area contributed by atoms with Gasteiger partial charge in [0, 0.05) is 20.7 Å². The van der Waals surface area contributed by atoms with Crippen LogP contribution in [0.4, 0.5) is 0 Å². The molecule has 1 amide bonds. The Morgan fingerprint density at radius 3 is 2.67 bits per heavy atom. The molecule has 0 saturated heterocycles. The third-order valence-corrected chi connectivity index (χ3v) is 3.74. The first-order chi connectivity index (χ1) is 7.00. The smallest absolute Gasteiger partial charge is 0.267 e. The number of aryl methyl sites for hydroxylation is 3. The van der Waals surface area contributed by atoms with Gasteiger partial charge in [0.25, 0.3) is 5.91 Å². The molecule has 0 bridgehead atoms. The van der Waals surface area contributed by atoms with E-state index in [1.807, 2.05) is 6.92 Å². The van der Waals surface area contributed by atoms with Gasteiger partial charge in [-0.2, -0.15) is 0 Å². The second-order valence-electron chi connectivity index (χ2n) is 3.61. The zero-order chi connectivity index (χ0) is 11.2. The molecule has 78 valence electrons. The van der Waals surface area contributed by atoms with Gasteiger partial charge in [-0.25, -0.2) is 4.98 Å².